The summed E-state index contributed by atoms with van der Waals surface area (Å²) >= 11 is 0. The molecular weight excluding hydrogens is 286 g/mol. The van der Waals surface area contributed by atoms with Crippen LogP contribution >= 0.6 is 0 Å². The number of ketones is 1. The number of hydrogen-bond acceptors (Lipinski definition) is 6. The van der Waals surface area contributed by atoms with Gasteiger partial charge >= 0.3 is 5.97 Å². The molecule has 0 bridgehead atoms. The van der Waals surface area contributed by atoms with Crippen LogP contribution in [0.25, 0.3) is 0 Å². The maximum Gasteiger partial charge on any atom is 0.324 e. The van der Waals surface area contributed by atoms with Crippen LogP contribution in [-0.4, -0.2) is 24.0 Å². The van der Waals surface area contributed by atoms with Crippen LogP contribution in [0.4, 0.5) is 0 Å². The summed E-state index contributed by atoms with van der Waals surface area (Å²) < 4.78 is 4.98. The van der Waals surface area contributed by atoms with E-state index < -0.39 is 5.97 Å². The van der Waals surface area contributed by atoms with Gasteiger partial charge in [0.2, 0.25) is 0 Å². The van der Waals surface area contributed by atoms with Gasteiger partial charge in [0, 0.05) is 18.9 Å². The van der Waals surface area contributed by atoms with Gasteiger partial charge in [0.05, 0.1) is 12.7 Å². The predicted octanol–water partition coefficient (Wildman–Crippen LogP) is 2.73. The third kappa shape index (κ3) is 6.13. The number of ether oxygens (including phenoxy) is 1. The van der Waals surface area contributed by atoms with Gasteiger partial charge in [-0.2, -0.15) is 5.90 Å². The first kappa shape index (κ1) is 18.0. The Morgan fingerprint density at radius 1 is 1.09 bits per heavy atom. The molecule has 0 aliphatic carbocycles. The van der Waals surface area contributed by atoms with Crippen molar-refractivity contribution in [2.75, 3.05) is 7.11 Å². The number of carbonyl (C=O) groups is 2. The lowest BCUT2D eigenvalue weighted by Gasteiger charge is -2.06. The summed E-state index contributed by atoms with van der Waals surface area (Å²) in [5, 5.41) is 9.79. The molecule has 0 atom stereocenters. The molecule has 3 N–H and O–H groups in total. The van der Waals surface area contributed by atoms with Crippen LogP contribution in [-0.2, 0) is 9.63 Å². The van der Waals surface area contributed by atoms with Gasteiger partial charge in [-0.05, 0) is 25.0 Å². The first-order chi connectivity index (χ1) is 10.6. The highest BCUT2D eigenvalue weighted by atomic mass is 16.7. The van der Waals surface area contributed by atoms with Gasteiger partial charge in [0.1, 0.15) is 11.5 Å². The largest absolute Gasteiger partial charge is 0.507 e. The molecule has 0 fully saturated rings. The molecular formula is C16H23NO5. The lowest BCUT2D eigenvalue weighted by Crippen LogP contribution is -2.09. The minimum absolute atomic E-state index is 0.0513. The number of phenolic OH excluding ortho intramolecular Hbond substituents is 1. The second kappa shape index (κ2) is 9.78. The fourth-order valence-corrected chi connectivity index (χ4v) is 2.15. The summed E-state index contributed by atoms with van der Waals surface area (Å²) in [7, 11) is 1.50. The Hall–Kier alpha value is -2.08. The van der Waals surface area contributed by atoms with E-state index in [1.54, 1.807) is 12.1 Å². The van der Waals surface area contributed by atoms with Crippen molar-refractivity contribution in [2.45, 2.75) is 44.9 Å². The predicted molar refractivity (Wildman–Crippen MR) is 81.6 cm³/mol. The van der Waals surface area contributed by atoms with E-state index in [1.807, 2.05) is 0 Å². The van der Waals surface area contributed by atoms with Crippen molar-refractivity contribution < 1.29 is 24.3 Å². The van der Waals surface area contributed by atoms with Crippen molar-refractivity contribution in [2.24, 2.45) is 5.90 Å². The van der Waals surface area contributed by atoms with E-state index in [1.165, 1.54) is 13.2 Å². The highest BCUT2D eigenvalue weighted by Crippen LogP contribution is 2.25. The Labute approximate surface area is 130 Å². The molecule has 6 heteroatoms. The zero-order valence-corrected chi connectivity index (χ0v) is 12.8. The average Bonchev–Trinajstić information content (AvgIpc) is 2.53. The summed E-state index contributed by atoms with van der Waals surface area (Å²) in [6.45, 7) is 0. The fraction of sp³-hybridized carbons (Fsp3) is 0.500. The molecule has 1 rings (SSSR count). The van der Waals surface area contributed by atoms with E-state index in [9.17, 15) is 14.7 Å². The van der Waals surface area contributed by atoms with E-state index in [4.69, 9.17) is 10.6 Å². The second-order valence-electron chi connectivity index (χ2n) is 5.06. The summed E-state index contributed by atoms with van der Waals surface area (Å²) in [6.07, 6.45) is 4.96. The van der Waals surface area contributed by atoms with Crippen LogP contribution in [0.1, 0.15) is 55.3 Å². The first-order valence-corrected chi connectivity index (χ1v) is 7.38. The van der Waals surface area contributed by atoms with Gasteiger partial charge in [-0.15, -0.1) is 0 Å². The van der Waals surface area contributed by atoms with E-state index in [0.717, 1.165) is 32.1 Å². The van der Waals surface area contributed by atoms with Crippen LogP contribution in [0.2, 0.25) is 0 Å². The molecule has 6 nitrogen and oxygen atoms in total. The molecule has 0 saturated carbocycles. The summed E-state index contributed by atoms with van der Waals surface area (Å²) in [4.78, 5) is 26.9. The summed E-state index contributed by atoms with van der Waals surface area (Å²) in [5.74, 6) is 4.73. The lowest BCUT2D eigenvalue weighted by atomic mass is 10.0. The van der Waals surface area contributed by atoms with E-state index in [-0.39, 0.29) is 11.5 Å². The Kier molecular flexibility index (Phi) is 7.99. The number of unbranched alkanes of at least 4 members (excludes halogenated alkanes) is 4. The number of nitrogens with two attached hydrogens (primary N) is 1. The quantitative estimate of drug-likeness (QED) is 0.392. The number of Topliss-reactive ketones (excluding diaryl/α,β-unsaturated/α-hetero) is 1. The molecule has 1 aromatic carbocycles. The third-order valence-electron chi connectivity index (χ3n) is 3.42. The van der Waals surface area contributed by atoms with E-state index in [2.05, 4.69) is 4.84 Å². The highest BCUT2D eigenvalue weighted by molar-refractivity contribution is 5.98. The molecule has 0 saturated heterocycles. The Bertz CT molecular complexity index is 501. The minimum Gasteiger partial charge on any atom is -0.507 e. The highest BCUT2D eigenvalue weighted by Gasteiger charge is 2.11. The van der Waals surface area contributed by atoms with Crippen molar-refractivity contribution in [3.05, 3.63) is 23.8 Å². The molecule has 22 heavy (non-hydrogen) atoms. The van der Waals surface area contributed by atoms with Crippen LogP contribution in [0.5, 0.6) is 11.5 Å². The SMILES string of the molecule is COc1ccc(C(=O)CCCCCCCC(=O)ON)c(O)c1. The van der Waals surface area contributed by atoms with Crippen LogP contribution in [0, 0.1) is 0 Å². The number of carbonyl (C=O) groups excluding carboxylic acids is 2. The van der Waals surface area contributed by atoms with E-state index >= 15 is 0 Å². The Morgan fingerprint density at radius 2 is 1.73 bits per heavy atom. The fourth-order valence-electron chi connectivity index (χ4n) is 2.15. The average molecular weight is 309 g/mol. The van der Waals surface area contributed by atoms with Gasteiger partial charge < -0.3 is 14.7 Å². The van der Waals surface area contributed by atoms with Gasteiger partial charge in [0.25, 0.3) is 0 Å². The number of phenols is 1. The third-order valence-corrected chi connectivity index (χ3v) is 3.42. The van der Waals surface area contributed by atoms with Gasteiger partial charge in [-0.1, -0.05) is 19.3 Å². The molecule has 0 heterocycles. The van der Waals surface area contributed by atoms with Crippen molar-refractivity contribution in [3.8, 4) is 11.5 Å². The van der Waals surface area contributed by atoms with Crippen molar-refractivity contribution in [1.29, 1.82) is 0 Å². The first-order valence-electron chi connectivity index (χ1n) is 7.38. The molecule has 122 valence electrons. The Balaban J connectivity index is 2.22. The molecule has 0 aliphatic rings. The van der Waals surface area contributed by atoms with E-state index in [0.29, 0.717) is 24.2 Å². The molecule has 1 aromatic rings. The standard InChI is InChI=1S/C16H23NO5/c1-21-12-9-10-13(15(19)11-12)14(18)7-5-3-2-4-6-8-16(20)22-17/h9-11,19H,2-8,17H2,1H3. The number of aromatic hydroxyl groups is 1. The van der Waals surface area contributed by atoms with Crippen molar-refractivity contribution in [1.82, 2.24) is 0 Å². The molecule has 0 spiro atoms. The molecule has 0 unspecified atom stereocenters. The van der Waals surface area contributed by atoms with Gasteiger partial charge in [-0.25, -0.2) is 0 Å². The van der Waals surface area contributed by atoms with Crippen LogP contribution < -0.4 is 10.6 Å². The minimum atomic E-state index is -0.398. The molecule has 0 radical (unpaired) electrons. The summed E-state index contributed by atoms with van der Waals surface area (Å²) in [6, 6.07) is 4.67. The normalized spacial score (nSPS) is 10.3. The Morgan fingerprint density at radius 3 is 2.32 bits per heavy atom. The number of rotatable bonds is 10. The number of methoxy groups -OCH3 is 1. The zero-order chi connectivity index (χ0) is 16.4. The number of benzene rings is 1. The second-order valence-corrected chi connectivity index (χ2v) is 5.06. The van der Waals surface area contributed by atoms with Crippen molar-refractivity contribution >= 4 is 11.8 Å². The van der Waals surface area contributed by atoms with Crippen LogP contribution in [0.15, 0.2) is 18.2 Å². The maximum atomic E-state index is 12.0. The van der Waals surface area contributed by atoms with Crippen molar-refractivity contribution in [3.63, 3.8) is 0 Å². The summed E-state index contributed by atoms with van der Waals surface area (Å²) in [5.41, 5.74) is 0.325. The molecule has 0 aromatic heterocycles. The molecule has 0 amide bonds. The topological polar surface area (TPSA) is 98.9 Å². The van der Waals surface area contributed by atoms with Gasteiger partial charge in [-0.3, -0.25) is 9.59 Å². The molecule has 0 aliphatic heterocycles. The number of hydrogen-bond donors (Lipinski definition) is 2. The van der Waals surface area contributed by atoms with Crippen LogP contribution in [0.3, 0.4) is 0 Å². The lowest BCUT2D eigenvalue weighted by molar-refractivity contribution is -0.144. The zero-order valence-electron chi connectivity index (χ0n) is 12.8. The smallest absolute Gasteiger partial charge is 0.324 e. The van der Waals surface area contributed by atoms with Gasteiger partial charge in [0.15, 0.2) is 5.78 Å². The monoisotopic (exact) mass is 309 g/mol. The maximum absolute atomic E-state index is 12.0.